The predicted octanol–water partition coefficient (Wildman–Crippen LogP) is 4.94. The molecule has 28 heavy (non-hydrogen) atoms. The smallest absolute Gasteiger partial charge is 0.333 e. The van der Waals surface area contributed by atoms with Crippen molar-refractivity contribution in [2.24, 2.45) is 82.9 Å². The highest BCUT2D eigenvalue weighted by Crippen LogP contribution is 2.81. The molecule has 150 valence electrons. The van der Waals surface area contributed by atoms with Crippen LogP contribution >= 0.6 is 0 Å². The number of esters is 1. The number of hydrogen-bond donors (Lipinski definition) is 0. The quantitative estimate of drug-likeness (QED) is 0.386. The minimum Gasteiger partial charge on any atom is -0.459 e. The van der Waals surface area contributed by atoms with Crippen molar-refractivity contribution in [3.63, 3.8) is 0 Å². The van der Waals surface area contributed by atoms with Gasteiger partial charge in [0.25, 0.3) is 0 Å². The number of hydrogen-bond acceptors (Lipinski definition) is 2. The molecule has 0 aromatic carbocycles. The normalized spacial score (nSPS) is 65.7. The van der Waals surface area contributed by atoms with Crippen molar-refractivity contribution in [1.29, 1.82) is 0 Å². The second-order valence-electron chi connectivity index (χ2n) is 12.5. The lowest BCUT2D eigenvalue weighted by Crippen LogP contribution is -2.48. The van der Waals surface area contributed by atoms with E-state index in [1.54, 1.807) is 39.0 Å². The van der Waals surface area contributed by atoms with Crippen molar-refractivity contribution in [1.82, 2.24) is 0 Å². The first-order valence-corrected chi connectivity index (χ1v) is 12.5. The first-order chi connectivity index (χ1) is 13.6. The molecule has 8 aliphatic rings. The Labute approximate surface area is 168 Å². The summed E-state index contributed by atoms with van der Waals surface area (Å²) in [5.74, 6) is 14.3. The van der Waals surface area contributed by atoms with Crippen LogP contribution < -0.4 is 0 Å². The molecule has 0 aliphatic heterocycles. The molecular weight excluding hydrogens is 344 g/mol. The maximum atomic E-state index is 12.2. The van der Waals surface area contributed by atoms with Gasteiger partial charge in [-0.05, 0) is 135 Å². The van der Waals surface area contributed by atoms with Crippen LogP contribution in [0.3, 0.4) is 0 Å². The van der Waals surface area contributed by atoms with Gasteiger partial charge >= 0.3 is 5.97 Å². The van der Waals surface area contributed by atoms with Crippen molar-refractivity contribution in [2.75, 3.05) is 0 Å². The van der Waals surface area contributed by atoms with Gasteiger partial charge in [-0.3, -0.25) is 0 Å². The molecule has 0 amide bonds. The van der Waals surface area contributed by atoms with E-state index in [1.165, 1.54) is 6.42 Å². The van der Waals surface area contributed by atoms with E-state index < -0.39 is 0 Å². The molecular formula is C26H34O2. The van der Waals surface area contributed by atoms with Crippen LogP contribution in [0.1, 0.15) is 51.9 Å². The van der Waals surface area contributed by atoms with E-state index in [1.807, 2.05) is 0 Å². The van der Waals surface area contributed by atoms with Crippen LogP contribution in [0, 0.1) is 82.9 Å². The summed E-state index contributed by atoms with van der Waals surface area (Å²) >= 11 is 0. The van der Waals surface area contributed by atoms with Gasteiger partial charge in [0.2, 0.25) is 0 Å². The van der Waals surface area contributed by atoms with Crippen molar-refractivity contribution in [2.45, 2.75) is 58.0 Å². The Balaban J connectivity index is 1.11. The van der Waals surface area contributed by atoms with E-state index in [0.29, 0.717) is 11.5 Å². The van der Waals surface area contributed by atoms with Gasteiger partial charge < -0.3 is 4.74 Å². The van der Waals surface area contributed by atoms with Crippen LogP contribution in [0.4, 0.5) is 0 Å². The van der Waals surface area contributed by atoms with Gasteiger partial charge in [0.15, 0.2) is 0 Å². The van der Waals surface area contributed by atoms with E-state index in [4.69, 9.17) is 4.74 Å². The molecule has 0 saturated heterocycles. The van der Waals surface area contributed by atoms with E-state index >= 15 is 0 Å². The maximum Gasteiger partial charge on any atom is 0.333 e. The van der Waals surface area contributed by atoms with E-state index in [0.717, 1.165) is 83.4 Å². The fraction of sp³-hybridized carbons (Fsp3) is 0.885. The minimum atomic E-state index is -0.139. The average Bonchev–Trinajstić information content (AvgIpc) is 3.51. The zero-order valence-corrected chi connectivity index (χ0v) is 17.1. The summed E-state index contributed by atoms with van der Waals surface area (Å²) in [7, 11) is 0. The first-order valence-electron chi connectivity index (χ1n) is 12.5. The van der Waals surface area contributed by atoms with Crippen LogP contribution in [0.15, 0.2) is 12.2 Å². The van der Waals surface area contributed by atoms with Crippen LogP contribution in [0.25, 0.3) is 0 Å². The lowest BCUT2D eigenvalue weighted by atomic mass is 9.54. The molecule has 0 spiro atoms. The molecule has 0 N–H and O–H groups in total. The molecule has 0 aromatic heterocycles. The highest BCUT2D eigenvalue weighted by atomic mass is 16.5. The van der Waals surface area contributed by atoms with Crippen molar-refractivity contribution >= 4 is 5.97 Å². The van der Waals surface area contributed by atoms with E-state index in [2.05, 4.69) is 6.58 Å². The molecule has 8 aliphatic carbocycles. The second-order valence-corrected chi connectivity index (χ2v) is 12.5. The third-order valence-corrected chi connectivity index (χ3v) is 12.2. The Hall–Kier alpha value is -0.790. The molecule has 8 saturated carbocycles. The standard InChI is InChI=1S/C26H34O2/c1-10(2)26(27)28-19-7-13-6-14(19)23-18-9-17(22(13)23)24-15-8-16(25(18)24)21-12-4-3-11(5-12)20(15)21/h11-25H,1,3-9H2,2H3. The Kier molecular flexibility index (Phi) is 2.80. The molecule has 0 heterocycles. The second kappa shape index (κ2) is 4.92. The highest BCUT2D eigenvalue weighted by molar-refractivity contribution is 5.87. The molecule has 2 nitrogen and oxygen atoms in total. The van der Waals surface area contributed by atoms with Gasteiger partial charge in [0.05, 0.1) is 0 Å². The molecule has 8 fully saturated rings. The molecule has 0 aromatic rings. The van der Waals surface area contributed by atoms with Crippen molar-refractivity contribution < 1.29 is 9.53 Å². The number of carbonyl (C=O) groups is 1. The number of fused-ring (bicyclic) bond motifs is 23. The number of ether oxygens (including phenoxy) is 1. The van der Waals surface area contributed by atoms with Gasteiger partial charge in [0.1, 0.15) is 6.10 Å². The third-order valence-electron chi connectivity index (χ3n) is 12.2. The zero-order valence-electron chi connectivity index (χ0n) is 17.1. The molecule has 0 radical (unpaired) electrons. The third kappa shape index (κ3) is 1.60. The molecule has 8 bridgehead atoms. The Bertz CT molecular complexity index is 785. The summed E-state index contributed by atoms with van der Waals surface area (Å²) < 4.78 is 5.97. The SMILES string of the molecule is C=C(C)C(=O)OC1CC2CC1C1C3CC(C21)C1C2CC(C4C5CCC(C5)C24)C31. The monoisotopic (exact) mass is 378 g/mol. The Morgan fingerprint density at radius 1 is 0.679 bits per heavy atom. The summed E-state index contributed by atoms with van der Waals surface area (Å²) in [6.45, 7) is 5.60. The first kappa shape index (κ1) is 16.0. The maximum absolute atomic E-state index is 12.2. The molecule has 2 heteroatoms. The lowest BCUT2D eigenvalue weighted by Gasteiger charge is -2.51. The molecule has 15 atom stereocenters. The zero-order chi connectivity index (χ0) is 18.5. The Morgan fingerprint density at radius 2 is 1.21 bits per heavy atom. The molecule has 8 rings (SSSR count). The number of carbonyl (C=O) groups excluding carboxylic acids is 1. The van der Waals surface area contributed by atoms with Crippen LogP contribution in [-0.4, -0.2) is 12.1 Å². The largest absolute Gasteiger partial charge is 0.459 e. The summed E-state index contributed by atoms with van der Waals surface area (Å²) in [6, 6.07) is 0. The number of rotatable bonds is 2. The fourth-order valence-electron chi connectivity index (χ4n) is 12.3. The fourth-order valence-corrected chi connectivity index (χ4v) is 12.3. The van der Waals surface area contributed by atoms with Crippen LogP contribution in [0.5, 0.6) is 0 Å². The summed E-state index contributed by atoms with van der Waals surface area (Å²) in [4.78, 5) is 12.2. The van der Waals surface area contributed by atoms with Gasteiger partial charge in [-0.25, -0.2) is 4.79 Å². The van der Waals surface area contributed by atoms with Crippen LogP contribution in [0.2, 0.25) is 0 Å². The summed E-state index contributed by atoms with van der Waals surface area (Å²) in [6.07, 6.45) is 10.7. The van der Waals surface area contributed by atoms with Gasteiger partial charge in [-0.2, -0.15) is 0 Å². The van der Waals surface area contributed by atoms with E-state index in [-0.39, 0.29) is 12.1 Å². The lowest BCUT2D eigenvalue weighted by molar-refractivity contribution is -0.150. The summed E-state index contributed by atoms with van der Waals surface area (Å²) in [5.41, 5.74) is 0.572. The Morgan fingerprint density at radius 3 is 1.82 bits per heavy atom. The van der Waals surface area contributed by atoms with Crippen LogP contribution in [-0.2, 0) is 9.53 Å². The van der Waals surface area contributed by atoms with E-state index in [9.17, 15) is 4.79 Å². The van der Waals surface area contributed by atoms with Gasteiger partial charge in [0, 0.05) is 5.57 Å². The molecule has 15 unspecified atom stereocenters. The van der Waals surface area contributed by atoms with Gasteiger partial charge in [-0.1, -0.05) is 6.58 Å². The average molecular weight is 379 g/mol. The van der Waals surface area contributed by atoms with Crippen molar-refractivity contribution in [3.8, 4) is 0 Å². The van der Waals surface area contributed by atoms with Gasteiger partial charge in [-0.15, -0.1) is 0 Å². The predicted molar refractivity (Wildman–Crippen MR) is 106 cm³/mol. The minimum absolute atomic E-state index is 0.139. The topological polar surface area (TPSA) is 26.3 Å². The highest BCUT2D eigenvalue weighted by Gasteiger charge is 2.76. The van der Waals surface area contributed by atoms with Crippen molar-refractivity contribution in [3.05, 3.63) is 12.2 Å². The summed E-state index contributed by atoms with van der Waals surface area (Å²) in [5, 5.41) is 0.